The molecule has 0 amide bonds. The van der Waals surface area contributed by atoms with Gasteiger partial charge in [-0.1, -0.05) is 6.92 Å². The molecule has 0 aliphatic carbocycles. The van der Waals surface area contributed by atoms with Gasteiger partial charge in [0.1, 0.15) is 0 Å². The van der Waals surface area contributed by atoms with Crippen molar-refractivity contribution in [1.29, 1.82) is 0 Å². The van der Waals surface area contributed by atoms with E-state index in [4.69, 9.17) is 9.88 Å². The van der Waals surface area contributed by atoms with Gasteiger partial charge in [-0.25, -0.2) is 18.4 Å². The fourth-order valence-corrected chi connectivity index (χ4v) is 2.16. The highest BCUT2D eigenvalue weighted by Gasteiger charge is 2.19. The molecule has 0 radical (unpaired) electrons. The molecule has 1 aromatic carbocycles. The van der Waals surface area contributed by atoms with Crippen LogP contribution < -0.4 is 5.14 Å². The Morgan fingerprint density at radius 3 is 2.42 bits per heavy atom. The first-order valence-electron chi connectivity index (χ1n) is 6.01. The monoisotopic (exact) mass is 285 g/mol. The quantitative estimate of drug-likeness (QED) is 0.856. The third kappa shape index (κ3) is 3.78. The Morgan fingerprint density at radius 2 is 1.95 bits per heavy atom. The summed E-state index contributed by atoms with van der Waals surface area (Å²) in [6, 6.07) is 2.72. The zero-order valence-electron chi connectivity index (χ0n) is 11.6. The van der Waals surface area contributed by atoms with Gasteiger partial charge in [-0.15, -0.1) is 0 Å². The molecule has 0 spiro atoms. The predicted molar refractivity (Wildman–Crippen MR) is 72.5 cm³/mol. The lowest BCUT2D eigenvalue weighted by atomic mass is 10.0. The molecule has 5 nitrogen and oxygen atoms in total. The molecule has 0 aliphatic heterocycles. The number of nitrogens with two attached hydrogens (primary N) is 1. The zero-order chi connectivity index (χ0) is 14.8. The van der Waals surface area contributed by atoms with Crippen molar-refractivity contribution in [3.05, 3.63) is 28.8 Å². The summed E-state index contributed by atoms with van der Waals surface area (Å²) in [6.45, 7) is 7.15. The molecule has 106 valence electrons. The van der Waals surface area contributed by atoms with Crippen LogP contribution in [0.25, 0.3) is 0 Å². The number of sulfonamides is 1. The zero-order valence-corrected chi connectivity index (χ0v) is 12.4. The molecule has 19 heavy (non-hydrogen) atoms. The Hall–Kier alpha value is -1.40. The van der Waals surface area contributed by atoms with Crippen LogP contribution >= 0.6 is 0 Å². The van der Waals surface area contributed by atoms with Crippen molar-refractivity contribution in [1.82, 2.24) is 0 Å². The second-order valence-corrected chi connectivity index (χ2v) is 6.14. The van der Waals surface area contributed by atoms with Crippen LogP contribution in [0.1, 0.15) is 41.8 Å². The highest BCUT2D eigenvalue weighted by Crippen LogP contribution is 2.20. The second-order valence-electron chi connectivity index (χ2n) is 4.58. The summed E-state index contributed by atoms with van der Waals surface area (Å²) in [5.74, 6) is -0.527. The van der Waals surface area contributed by atoms with Gasteiger partial charge in [-0.2, -0.15) is 0 Å². The highest BCUT2D eigenvalue weighted by molar-refractivity contribution is 7.89. The minimum Gasteiger partial charge on any atom is -0.459 e. The molecule has 2 N–H and O–H groups in total. The molecule has 1 atom stereocenters. The van der Waals surface area contributed by atoms with Crippen LogP contribution in [0.3, 0.4) is 0 Å². The van der Waals surface area contributed by atoms with Gasteiger partial charge in [-0.3, -0.25) is 0 Å². The average Bonchev–Trinajstić information content (AvgIpc) is 2.30. The Morgan fingerprint density at radius 1 is 1.37 bits per heavy atom. The number of primary sulfonamides is 1. The number of rotatable bonds is 4. The third-order valence-electron chi connectivity index (χ3n) is 3.07. The molecule has 0 fully saturated rings. The summed E-state index contributed by atoms with van der Waals surface area (Å²) < 4.78 is 28.0. The number of esters is 1. The molecular formula is C13H19NO4S. The molecular weight excluding hydrogens is 266 g/mol. The SMILES string of the molecule is CCC(C)OC(=O)c1cc(S(N)(=O)=O)cc(C)c1C. The number of hydrogen-bond acceptors (Lipinski definition) is 4. The number of ether oxygens (including phenoxy) is 1. The molecule has 0 aromatic heterocycles. The molecule has 0 heterocycles. The first-order valence-corrected chi connectivity index (χ1v) is 7.56. The van der Waals surface area contributed by atoms with Crippen molar-refractivity contribution in [3.8, 4) is 0 Å². The van der Waals surface area contributed by atoms with E-state index in [1.54, 1.807) is 20.8 Å². The van der Waals surface area contributed by atoms with E-state index >= 15 is 0 Å². The number of carbonyl (C=O) groups is 1. The maximum atomic E-state index is 12.0. The van der Waals surface area contributed by atoms with E-state index in [-0.39, 0.29) is 16.6 Å². The van der Waals surface area contributed by atoms with Crippen LogP contribution in [0.2, 0.25) is 0 Å². The Bertz CT molecular complexity index is 593. The van der Waals surface area contributed by atoms with Gasteiger partial charge in [0.15, 0.2) is 0 Å². The lowest BCUT2D eigenvalue weighted by Gasteiger charge is -2.14. The molecule has 1 unspecified atom stereocenters. The van der Waals surface area contributed by atoms with Crippen LogP contribution in [0, 0.1) is 13.8 Å². The molecule has 0 saturated heterocycles. The van der Waals surface area contributed by atoms with Crippen molar-refractivity contribution >= 4 is 16.0 Å². The van der Waals surface area contributed by atoms with Gasteiger partial charge in [0, 0.05) is 0 Å². The van der Waals surface area contributed by atoms with Crippen LogP contribution in [-0.2, 0) is 14.8 Å². The average molecular weight is 285 g/mol. The van der Waals surface area contributed by atoms with Gasteiger partial charge in [0.05, 0.1) is 16.6 Å². The third-order valence-corrected chi connectivity index (χ3v) is 3.97. The van der Waals surface area contributed by atoms with E-state index in [0.717, 1.165) is 0 Å². The largest absolute Gasteiger partial charge is 0.459 e. The Kier molecular flexibility index (Phi) is 4.70. The summed E-state index contributed by atoms with van der Waals surface area (Å²) >= 11 is 0. The summed E-state index contributed by atoms with van der Waals surface area (Å²) in [6.07, 6.45) is 0.476. The van der Waals surface area contributed by atoms with Gasteiger partial charge >= 0.3 is 5.97 Å². The normalized spacial score (nSPS) is 13.1. The van der Waals surface area contributed by atoms with Crippen molar-refractivity contribution in [2.75, 3.05) is 0 Å². The summed E-state index contributed by atoms with van der Waals surface area (Å²) in [4.78, 5) is 11.9. The van der Waals surface area contributed by atoms with E-state index in [1.807, 2.05) is 6.92 Å². The van der Waals surface area contributed by atoms with Crippen LogP contribution in [0.5, 0.6) is 0 Å². The maximum absolute atomic E-state index is 12.0. The minimum atomic E-state index is -3.84. The van der Waals surface area contributed by atoms with Gasteiger partial charge in [0.25, 0.3) is 0 Å². The van der Waals surface area contributed by atoms with Crippen LogP contribution in [0.4, 0.5) is 0 Å². The molecule has 0 bridgehead atoms. The molecule has 0 saturated carbocycles. The number of hydrogen-bond donors (Lipinski definition) is 1. The molecule has 6 heteroatoms. The number of carbonyl (C=O) groups excluding carboxylic acids is 1. The maximum Gasteiger partial charge on any atom is 0.338 e. The van der Waals surface area contributed by atoms with E-state index in [9.17, 15) is 13.2 Å². The first-order chi connectivity index (χ1) is 8.66. The van der Waals surface area contributed by atoms with Gasteiger partial charge in [-0.05, 0) is 50.5 Å². The highest BCUT2D eigenvalue weighted by atomic mass is 32.2. The lowest BCUT2D eigenvalue weighted by Crippen LogP contribution is -2.18. The molecule has 1 aromatic rings. The molecule has 1 rings (SSSR count). The smallest absolute Gasteiger partial charge is 0.338 e. The van der Waals surface area contributed by atoms with Gasteiger partial charge in [0.2, 0.25) is 10.0 Å². The lowest BCUT2D eigenvalue weighted by molar-refractivity contribution is 0.0333. The number of benzene rings is 1. The Balaban J connectivity index is 3.27. The van der Waals surface area contributed by atoms with Gasteiger partial charge < -0.3 is 4.74 Å². The first kappa shape index (κ1) is 15.7. The van der Waals surface area contributed by atoms with Crippen molar-refractivity contribution in [2.45, 2.75) is 45.1 Å². The second kappa shape index (κ2) is 5.71. The van der Waals surface area contributed by atoms with E-state index < -0.39 is 16.0 Å². The predicted octanol–water partition coefficient (Wildman–Crippen LogP) is 1.91. The van der Waals surface area contributed by atoms with E-state index in [1.165, 1.54) is 12.1 Å². The topological polar surface area (TPSA) is 86.5 Å². The van der Waals surface area contributed by atoms with Crippen LogP contribution in [0.15, 0.2) is 17.0 Å². The van der Waals surface area contributed by atoms with Crippen molar-refractivity contribution in [2.24, 2.45) is 5.14 Å². The fraction of sp³-hybridized carbons (Fsp3) is 0.462. The minimum absolute atomic E-state index is 0.0771. The van der Waals surface area contributed by atoms with Crippen molar-refractivity contribution in [3.63, 3.8) is 0 Å². The summed E-state index contributed by atoms with van der Waals surface area (Å²) in [5, 5.41) is 5.09. The van der Waals surface area contributed by atoms with Crippen molar-refractivity contribution < 1.29 is 17.9 Å². The number of aryl methyl sites for hydroxylation is 1. The van der Waals surface area contributed by atoms with E-state index in [0.29, 0.717) is 17.5 Å². The standard InChI is InChI=1S/C13H19NO4S/c1-5-9(3)18-13(15)12-7-11(19(14,16)17)6-8(2)10(12)4/h6-7,9H,5H2,1-4H3,(H2,14,16,17). The summed E-state index contributed by atoms with van der Waals surface area (Å²) in [7, 11) is -3.84. The Labute approximate surface area is 113 Å². The summed E-state index contributed by atoms with van der Waals surface area (Å²) in [5.41, 5.74) is 1.62. The molecule has 0 aliphatic rings. The van der Waals surface area contributed by atoms with E-state index in [2.05, 4.69) is 0 Å². The van der Waals surface area contributed by atoms with Crippen LogP contribution in [-0.4, -0.2) is 20.5 Å². The fourth-order valence-electron chi connectivity index (χ4n) is 1.53.